The molecule has 1 aromatic carbocycles. The van der Waals surface area contributed by atoms with E-state index in [1.807, 2.05) is 12.1 Å². The molecule has 0 radical (unpaired) electrons. The summed E-state index contributed by atoms with van der Waals surface area (Å²) in [5, 5.41) is 3.45. The Bertz CT molecular complexity index is 489. The third-order valence-corrected chi connectivity index (χ3v) is 3.53. The molecule has 1 aromatic heterocycles. The summed E-state index contributed by atoms with van der Waals surface area (Å²) >= 11 is 3.31. The maximum absolute atomic E-state index is 5.46. The van der Waals surface area contributed by atoms with Crippen molar-refractivity contribution in [1.82, 2.24) is 5.32 Å². The average molecular weight is 308 g/mol. The number of aryl methyl sites for hydroxylation is 1. The van der Waals surface area contributed by atoms with E-state index in [1.165, 1.54) is 11.1 Å². The lowest BCUT2D eigenvalue weighted by atomic mass is 10.1. The Morgan fingerprint density at radius 1 is 1.17 bits per heavy atom. The third-order valence-electron chi connectivity index (χ3n) is 3.10. The topological polar surface area (TPSA) is 25.2 Å². The molecular formula is C15H18BrNO. The Morgan fingerprint density at radius 2 is 1.89 bits per heavy atom. The minimum Gasteiger partial charge on any atom is -0.453 e. The second-order valence-electron chi connectivity index (χ2n) is 4.40. The van der Waals surface area contributed by atoms with Crippen LogP contribution < -0.4 is 5.32 Å². The van der Waals surface area contributed by atoms with Crippen LogP contribution in [0.4, 0.5) is 0 Å². The molecule has 0 bridgehead atoms. The number of hydrogen-bond donors (Lipinski definition) is 1. The van der Waals surface area contributed by atoms with Crippen molar-refractivity contribution in [2.75, 3.05) is 0 Å². The zero-order valence-electron chi connectivity index (χ0n) is 10.7. The SMILES string of the molecule is CCc1ccc(C(C)NCc2ccc(Br)o2)cc1. The van der Waals surface area contributed by atoms with Gasteiger partial charge in [-0.25, -0.2) is 0 Å². The lowest BCUT2D eigenvalue weighted by Gasteiger charge is -2.13. The van der Waals surface area contributed by atoms with E-state index in [4.69, 9.17) is 4.42 Å². The van der Waals surface area contributed by atoms with E-state index in [9.17, 15) is 0 Å². The summed E-state index contributed by atoms with van der Waals surface area (Å²) in [5.74, 6) is 0.943. The molecule has 0 saturated heterocycles. The van der Waals surface area contributed by atoms with Crippen molar-refractivity contribution in [3.8, 4) is 0 Å². The summed E-state index contributed by atoms with van der Waals surface area (Å²) in [7, 11) is 0. The van der Waals surface area contributed by atoms with Crippen LogP contribution in [-0.4, -0.2) is 0 Å². The van der Waals surface area contributed by atoms with Gasteiger partial charge in [0.1, 0.15) is 5.76 Å². The van der Waals surface area contributed by atoms with Gasteiger partial charge < -0.3 is 9.73 Å². The van der Waals surface area contributed by atoms with E-state index >= 15 is 0 Å². The van der Waals surface area contributed by atoms with Gasteiger partial charge in [0.05, 0.1) is 6.54 Å². The van der Waals surface area contributed by atoms with Gasteiger partial charge in [0, 0.05) is 6.04 Å². The fraction of sp³-hybridized carbons (Fsp3) is 0.333. The van der Waals surface area contributed by atoms with Crippen molar-refractivity contribution >= 4 is 15.9 Å². The molecule has 2 nitrogen and oxygen atoms in total. The minimum absolute atomic E-state index is 0.319. The molecule has 1 heterocycles. The first-order chi connectivity index (χ1) is 8.69. The van der Waals surface area contributed by atoms with E-state index in [0.29, 0.717) is 6.04 Å². The maximum atomic E-state index is 5.46. The van der Waals surface area contributed by atoms with Crippen LogP contribution in [0.25, 0.3) is 0 Å². The van der Waals surface area contributed by atoms with Gasteiger partial charge in [0.2, 0.25) is 0 Å². The Kier molecular flexibility index (Phi) is 4.61. The fourth-order valence-electron chi connectivity index (χ4n) is 1.86. The Hall–Kier alpha value is -1.06. The zero-order valence-corrected chi connectivity index (χ0v) is 12.3. The van der Waals surface area contributed by atoms with Crippen LogP contribution in [0.5, 0.6) is 0 Å². The quantitative estimate of drug-likeness (QED) is 0.882. The molecule has 2 rings (SSSR count). The number of hydrogen-bond acceptors (Lipinski definition) is 2. The predicted molar refractivity (Wildman–Crippen MR) is 77.5 cm³/mol. The molecule has 0 aliphatic rings. The first-order valence-electron chi connectivity index (χ1n) is 6.25. The average Bonchev–Trinajstić information content (AvgIpc) is 2.82. The van der Waals surface area contributed by atoms with E-state index in [2.05, 4.69) is 59.4 Å². The van der Waals surface area contributed by atoms with Crippen LogP contribution in [-0.2, 0) is 13.0 Å². The first kappa shape index (κ1) is 13.4. The lowest BCUT2D eigenvalue weighted by Crippen LogP contribution is -2.17. The smallest absolute Gasteiger partial charge is 0.169 e. The molecule has 3 heteroatoms. The molecule has 2 aromatic rings. The van der Waals surface area contributed by atoms with Gasteiger partial charge in [-0.15, -0.1) is 0 Å². The van der Waals surface area contributed by atoms with E-state index in [1.54, 1.807) is 0 Å². The van der Waals surface area contributed by atoms with Gasteiger partial charge in [-0.3, -0.25) is 0 Å². The van der Waals surface area contributed by atoms with Crippen molar-refractivity contribution in [2.45, 2.75) is 32.9 Å². The van der Waals surface area contributed by atoms with Gasteiger partial charge in [0.25, 0.3) is 0 Å². The molecular weight excluding hydrogens is 290 g/mol. The van der Waals surface area contributed by atoms with Gasteiger partial charge in [-0.1, -0.05) is 31.2 Å². The second-order valence-corrected chi connectivity index (χ2v) is 5.19. The molecule has 0 spiro atoms. The Balaban J connectivity index is 1.92. The summed E-state index contributed by atoms with van der Waals surface area (Å²) in [6.07, 6.45) is 1.09. The van der Waals surface area contributed by atoms with Crippen LogP contribution in [0, 0.1) is 0 Å². The van der Waals surface area contributed by atoms with E-state index in [-0.39, 0.29) is 0 Å². The largest absolute Gasteiger partial charge is 0.453 e. The maximum Gasteiger partial charge on any atom is 0.169 e. The molecule has 1 unspecified atom stereocenters. The highest BCUT2D eigenvalue weighted by atomic mass is 79.9. The number of nitrogens with one attached hydrogen (secondary N) is 1. The molecule has 0 fully saturated rings. The van der Waals surface area contributed by atoms with Crippen LogP contribution in [0.2, 0.25) is 0 Å². The van der Waals surface area contributed by atoms with Gasteiger partial charge >= 0.3 is 0 Å². The molecule has 0 amide bonds. The molecule has 1 atom stereocenters. The summed E-state index contributed by atoms with van der Waals surface area (Å²) in [6.45, 7) is 5.08. The number of benzene rings is 1. The van der Waals surface area contributed by atoms with E-state index < -0.39 is 0 Å². The summed E-state index contributed by atoms with van der Waals surface area (Å²) in [6, 6.07) is 13.0. The molecule has 0 saturated carbocycles. The Morgan fingerprint density at radius 3 is 2.44 bits per heavy atom. The second kappa shape index (κ2) is 6.21. The summed E-state index contributed by atoms with van der Waals surface area (Å²) in [4.78, 5) is 0. The highest BCUT2D eigenvalue weighted by molar-refractivity contribution is 9.10. The first-order valence-corrected chi connectivity index (χ1v) is 7.04. The molecule has 0 aliphatic heterocycles. The molecule has 0 aliphatic carbocycles. The van der Waals surface area contributed by atoms with Crippen molar-refractivity contribution in [1.29, 1.82) is 0 Å². The summed E-state index contributed by atoms with van der Waals surface area (Å²) < 4.78 is 6.24. The Labute approximate surface area is 117 Å². The minimum atomic E-state index is 0.319. The summed E-state index contributed by atoms with van der Waals surface area (Å²) in [5.41, 5.74) is 2.68. The number of halogens is 1. The molecule has 1 N–H and O–H groups in total. The van der Waals surface area contributed by atoms with Crippen LogP contribution in [0.15, 0.2) is 45.5 Å². The predicted octanol–water partition coefficient (Wildman–Crippen LogP) is 4.46. The van der Waals surface area contributed by atoms with Gasteiger partial charge in [-0.05, 0) is 52.5 Å². The number of rotatable bonds is 5. The highest BCUT2D eigenvalue weighted by Crippen LogP contribution is 2.17. The third kappa shape index (κ3) is 3.47. The standard InChI is InChI=1S/C15H18BrNO/c1-3-12-4-6-13(7-5-12)11(2)17-10-14-8-9-15(16)18-14/h4-9,11,17H,3,10H2,1-2H3. The monoisotopic (exact) mass is 307 g/mol. The van der Waals surface area contributed by atoms with Crippen LogP contribution in [0.3, 0.4) is 0 Å². The van der Waals surface area contributed by atoms with Gasteiger partial charge in [0.15, 0.2) is 4.67 Å². The molecule has 96 valence electrons. The van der Waals surface area contributed by atoms with Gasteiger partial charge in [-0.2, -0.15) is 0 Å². The fourth-order valence-corrected chi connectivity index (χ4v) is 2.20. The lowest BCUT2D eigenvalue weighted by molar-refractivity contribution is 0.447. The number of furan rings is 1. The van der Waals surface area contributed by atoms with Crippen LogP contribution in [0.1, 0.15) is 36.8 Å². The normalized spacial score (nSPS) is 12.6. The zero-order chi connectivity index (χ0) is 13.0. The van der Waals surface area contributed by atoms with Crippen molar-refractivity contribution in [3.63, 3.8) is 0 Å². The van der Waals surface area contributed by atoms with Crippen LogP contribution >= 0.6 is 15.9 Å². The van der Waals surface area contributed by atoms with Crippen molar-refractivity contribution in [3.05, 3.63) is 58.0 Å². The van der Waals surface area contributed by atoms with Crippen molar-refractivity contribution in [2.24, 2.45) is 0 Å². The molecule has 18 heavy (non-hydrogen) atoms. The van der Waals surface area contributed by atoms with E-state index in [0.717, 1.165) is 23.4 Å². The highest BCUT2D eigenvalue weighted by Gasteiger charge is 2.06. The van der Waals surface area contributed by atoms with Crippen molar-refractivity contribution < 1.29 is 4.42 Å².